The van der Waals surface area contributed by atoms with Crippen LogP contribution < -0.4 is 10.6 Å². The molecule has 0 aromatic rings. The van der Waals surface area contributed by atoms with E-state index in [4.69, 9.17) is 0 Å². The molecular weight excluding hydrogens is 160 g/mol. The Kier molecular flexibility index (Phi) is 2.16. The van der Waals surface area contributed by atoms with Gasteiger partial charge in [0.2, 0.25) is 0 Å². The van der Waals surface area contributed by atoms with E-state index in [2.05, 4.69) is 31.4 Å². The minimum Gasteiger partial charge on any atom is -0.298 e. The fraction of sp³-hybridized carbons (Fsp3) is 1.00. The van der Waals surface area contributed by atoms with Gasteiger partial charge in [-0.05, 0) is 18.3 Å². The Morgan fingerprint density at radius 2 is 1.77 bits per heavy atom. The molecule has 2 aliphatic rings. The van der Waals surface area contributed by atoms with Gasteiger partial charge in [-0.2, -0.15) is 0 Å². The van der Waals surface area contributed by atoms with E-state index in [0.717, 1.165) is 6.54 Å². The summed E-state index contributed by atoms with van der Waals surface area (Å²) in [7, 11) is 0. The van der Waals surface area contributed by atoms with Crippen molar-refractivity contribution in [1.82, 2.24) is 10.6 Å². The molecule has 2 N–H and O–H groups in total. The second kappa shape index (κ2) is 2.96. The summed E-state index contributed by atoms with van der Waals surface area (Å²) in [5, 5.41) is 7.47. The van der Waals surface area contributed by atoms with Crippen molar-refractivity contribution in [1.29, 1.82) is 0 Å². The SMILES string of the molecule is CC(C)(C)[C@H]1CNC2(CCCC2)N1. The molecule has 0 aromatic carbocycles. The highest BCUT2D eigenvalue weighted by Gasteiger charge is 2.43. The fourth-order valence-corrected chi connectivity index (χ4v) is 2.56. The molecule has 1 aliphatic heterocycles. The molecule has 13 heavy (non-hydrogen) atoms. The Hall–Kier alpha value is -0.0800. The standard InChI is InChI=1S/C11H22N2/c1-10(2,3)9-8-12-11(13-9)6-4-5-7-11/h9,12-13H,4-8H2,1-3H3/t9-/m1/s1. The maximum absolute atomic E-state index is 3.80. The van der Waals surface area contributed by atoms with Crippen LogP contribution in [0.2, 0.25) is 0 Å². The molecule has 0 radical (unpaired) electrons. The zero-order valence-electron chi connectivity index (χ0n) is 9.11. The molecule has 0 bridgehead atoms. The first-order valence-electron chi connectivity index (χ1n) is 5.55. The van der Waals surface area contributed by atoms with E-state index in [-0.39, 0.29) is 0 Å². The van der Waals surface area contributed by atoms with E-state index in [1.165, 1.54) is 25.7 Å². The highest BCUT2D eigenvalue weighted by Crippen LogP contribution is 2.34. The van der Waals surface area contributed by atoms with Gasteiger partial charge < -0.3 is 0 Å². The van der Waals surface area contributed by atoms with Gasteiger partial charge in [-0.1, -0.05) is 33.6 Å². The third-order valence-corrected chi connectivity index (χ3v) is 3.60. The molecule has 2 fully saturated rings. The zero-order chi connectivity index (χ0) is 9.53. The summed E-state index contributed by atoms with van der Waals surface area (Å²) in [5.74, 6) is 0. The van der Waals surface area contributed by atoms with Crippen molar-refractivity contribution in [3.8, 4) is 0 Å². The molecule has 1 saturated carbocycles. The van der Waals surface area contributed by atoms with E-state index in [1.54, 1.807) is 0 Å². The monoisotopic (exact) mass is 182 g/mol. The molecule has 1 spiro atoms. The van der Waals surface area contributed by atoms with Crippen molar-refractivity contribution in [3.05, 3.63) is 0 Å². The van der Waals surface area contributed by atoms with Crippen molar-refractivity contribution < 1.29 is 0 Å². The molecule has 1 heterocycles. The molecule has 2 rings (SSSR count). The van der Waals surface area contributed by atoms with E-state index in [0.29, 0.717) is 17.1 Å². The molecule has 1 aliphatic carbocycles. The van der Waals surface area contributed by atoms with E-state index < -0.39 is 0 Å². The average Bonchev–Trinajstić information content (AvgIpc) is 2.60. The van der Waals surface area contributed by atoms with Crippen molar-refractivity contribution in [2.45, 2.75) is 58.2 Å². The third kappa shape index (κ3) is 1.75. The topological polar surface area (TPSA) is 24.1 Å². The fourth-order valence-electron chi connectivity index (χ4n) is 2.56. The Balaban J connectivity index is 2.01. The van der Waals surface area contributed by atoms with Crippen LogP contribution in [0, 0.1) is 5.41 Å². The van der Waals surface area contributed by atoms with Gasteiger partial charge in [-0.25, -0.2) is 0 Å². The van der Waals surface area contributed by atoms with Crippen LogP contribution in [0.1, 0.15) is 46.5 Å². The molecule has 2 heteroatoms. The first-order valence-corrected chi connectivity index (χ1v) is 5.55. The Bertz CT molecular complexity index is 187. The molecule has 2 nitrogen and oxygen atoms in total. The van der Waals surface area contributed by atoms with Gasteiger partial charge >= 0.3 is 0 Å². The smallest absolute Gasteiger partial charge is 0.0690 e. The lowest BCUT2D eigenvalue weighted by Gasteiger charge is -2.30. The van der Waals surface area contributed by atoms with Crippen molar-refractivity contribution in [2.75, 3.05) is 6.54 Å². The van der Waals surface area contributed by atoms with Gasteiger partial charge in [0.1, 0.15) is 0 Å². The number of hydrogen-bond donors (Lipinski definition) is 2. The number of rotatable bonds is 0. The van der Waals surface area contributed by atoms with Gasteiger partial charge in [-0.15, -0.1) is 0 Å². The van der Waals surface area contributed by atoms with Crippen molar-refractivity contribution in [3.63, 3.8) is 0 Å². The highest BCUT2D eigenvalue weighted by atomic mass is 15.3. The Morgan fingerprint density at radius 3 is 2.23 bits per heavy atom. The lowest BCUT2D eigenvalue weighted by Crippen LogP contribution is -2.49. The largest absolute Gasteiger partial charge is 0.298 e. The maximum atomic E-state index is 3.80. The third-order valence-electron chi connectivity index (χ3n) is 3.60. The molecule has 76 valence electrons. The summed E-state index contributed by atoms with van der Waals surface area (Å²) < 4.78 is 0. The van der Waals surface area contributed by atoms with Crippen LogP contribution in [0.3, 0.4) is 0 Å². The molecule has 1 atom stereocenters. The molecule has 0 unspecified atom stereocenters. The van der Waals surface area contributed by atoms with Crippen molar-refractivity contribution in [2.24, 2.45) is 5.41 Å². The first-order chi connectivity index (χ1) is 6.02. The Labute approximate surface area is 81.5 Å². The maximum Gasteiger partial charge on any atom is 0.0690 e. The lowest BCUT2D eigenvalue weighted by molar-refractivity contribution is 0.258. The van der Waals surface area contributed by atoms with Crippen LogP contribution >= 0.6 is 0 Å². The quantitative estimate of drug-likeness (QED) is 0.597. The molecular formula is C11H22N2. The summed E-state index contributed by atoms with van der Waals surface area (Å²) in [6, 6.07) is 0.644. The van der Waals surface area contributed by atoms with Crippen LogP contribution in [0.5, 0.6) is 0 Å². The summed E-state index contributed by atoms with van der Waals surface area (Å²) in [5.41, 5.74) is 0.705. The van der Waals surface area contributed by atoms with E-state index >= 15 is 0 Å². The molecule has 0 aromatic heterocycles. The van der Waals surface area contributed by atoms with Crippen LogP contribution in [-0.2, 0) is 0 Å². The van der Waals surface area contributed by atoms with Crippen LogP contribution in [0.4, 0.5) is 0 Å². The predicted molar refractivity (Wildman–Crippen MR) is 55.6 cm³/mol. The summed E-state index contributed by atoms with van der Waals surface area (Å²) in [6.07, 6.45) is 5.41. The van der Waals surface area contributed by atoms with Gasteiger partial charge in [0.15, 0.2) is 0 Å². The van der Waals surface area contributed by atoms with Crippen LogP contribution in [0.25, 0.3) is 0 Å². The zero-order valence-corrected chi connectivity index (χ0v) is 9.11. The van der Waals surface area contributed by atoms with Crippen LogP contribution in [-0.4, -0.2) is 18.2 Å². The highest BCUT2D eigenvalue weighted by molar-refractivity contribution is 5.02. The number of nitrogens with one attached hydrogen (secondary N) is 2. The van der Waals surface area contributed by atoms with E-state index in [9.17, 15) is 0 Å². The average molecular weight is 182 g/mol. The van der Waals surface area contributed by atoms with Crippen LogP contribution in [0.15, 0.2) is 0 Å². The molecule has 0 amide bonds. The lowest BCUT2D eigenvalue weighted by atomic mass is 9.87. The van der Waals surface area contributed by atoms with Crippen molar-refractivity contribution >= 4 is 0 Å². The summed E-state index contributed by atoms with van der Waals surface area (Å²) >= 11 is 0. The minimum absolute atomic E-state index is 0.317. The second-order valence-electron chi connectivity index (χ2n) is 5.73. The minimum atomic E-state index is 0.317. The van der Waals surface area contributed by atoms with Gasteiger partial charge in [0.25, 0.3) is 0 Å². The first kappa shape index (κ1) is 9.47. The van der Waals surface area contributed by atoms with Gasteiger partial charge in [0, 0.05) is 12.6 Å². The molecule has 1 saturated heterocycles. The number of hydrogen-bond acceptors (Lipinski definition) is 2. The Morgan fingerprint density at radius 1 is 1.15 bits per heavy atom. The van der Waals surface area contributed by atoms with Gasteiger partial charge in [0.05, 0.1) is 5.66 Å². The predicted octanol–water partition coefficient (Wildman–Crippen LogP) is 1.86. The second-order valence-corrected chi connectivity index (χ2v) is 5.73. The van der Waals surface area contributed by atoms with E-state index in [1.807, 2.05) is 0 Å². The normalized spacial score (nSPS) is 33.0. The summed E-state index contributed by atoms with van der Waals surface area (Å²) in [4.78, 5) is 0. The summed E-state index contributed by atoms with van der Waals surface area (Å²) in [6.45, 7) is 8.10. The van der Waals surface area contributed by atoms with Gasteiger partial charge in [-0.3, -0.25) is 10.6 Å².